The van der Waals surface area contributed by atoms with E-state index in [4.69, 9.17) is 14.3 Å². The number of aromatic nitrogens is 2. The number of ether oxygens (including phenoxy) is 1. The van der Waals surface area contributed by atoms with Crippen molar-refractivity contribution in [2.24, 2.45) is 0 Å². The average Bonchev–Trinajstić information content (AvgIpc) is 3.03. The van der Waals surface area contributed by atoms with Gasteiger partial charge in [0.25, 0.3) is 0 Å². The van der Waals surface area contributed by atoms with Crippen molar-refractivity contribution in [1.82, 2.24) is 9.97 Å². The van der Waals surface area contributed by atoms with Crippen molar-refractivity contribution in [3.05, 3.63) is 36.5 Å². The van der Waals surface area contributed by atoms with Crippen molar-refractivity contribution < 1.29 is 19.4 Å². The monoisotopic (exact) mass is 315 g/mol. The highest BCUT2D eigenvalue weighted by molar-refractivity contribution is 5.74. The number of hydrogen-bond acceptors (Lipinski definition) is 7. The van der Waals surface area contributed by atoms with Gasteiger partial charge in [0.05, 0.1) is 25.5 Å². The minimum atomic E-state index is -0.850. The largest absolute Gasteiger partial charge is 0.495 e. The minimum Gasteiger partial charge on any atom is -0.495 e. The van der Waals surface area contributed by atoms with E-state index in [-0.39, 0.29) is 13.2 Å². The van der Waals surface area contributed by atoms with Crippen molar-refractivity contribution in [2.75, 3.05) is 25.6 Å². The van der Waals surface area contributed by atoms with E-state index in [0.29, 0.717) is 28.6 Å². The first kappa shape index (κ1) is 15.3. The molecule has 1 unspecified atom stereocenters. The van der Waals surface area contributed by atoms with Gasteiger partial charge in [-0.15, -0.1) is 0 Å². The number of nitrogens with one attached hydrogen (secondary N) is 1. The molecule has 0 amide bonds. The highest BCUT2D eigenvalue weighted by Crippen LogP contribution is 2.31. The minimum absolute atomic E-state index is 0.200. The van der Waals surface area contributed by atoms with Crippen molar-refractivity contribution in [1.29, 1.82) is 0 Å². The van der Waals surface area contributed by atoms with Crippen LogP contribution in [-0.2, 0) is 0 Å². The third-order valence-electron chi connectivity index (χ3n) is 3.35. The summed E-state index contributed by atoms with van der Waals surface area (Å²) < 4.78 is 11.0. The second-order valence-electron chi connectivity index (χ2n) is 4.98. The molecular formula is C16H17N3O4. The van der Waals surface area contributed by atoms with Crippen molar-refractivity contribution in [3.8, 4) is 17.2 Å². The number of hydrogen-bond donors (Lipinski definition) is 3. The van der Waals surface area contributed by atoms with Crippen LogP contribution in [0.3, 0.4) is 0 Å². The van der Waals surface area contributed by atoms with Gasteiger partial charge in [-0.2, -0.15) is 4.98 Å². The molecule has 0 saturated carbocycles. The maximum atomic E-state index is 9.47. The van der Waals surface area contributed by atoms with Crippen LogP contribution >= 0.6 is 0 Å². The van der Waals surface area contributed by atoms with Crippen molar-refractivity contribution in [2.45, 2.75) is 6.10 Å². The summed E-state index contributed by atoms with van der Waals surface area (Å²) in [4.78, 5) is 8.50. The lowest BCUT2D eigenvalue weighted by Crippen LogP contribution is -2.23. The number of fused-ring (bicyclic) bond motifs is 1. The molecule has 0 bridgehead atoms. The summed E-state index contributed by atoms with van der Waals surface area (Å²) >= 11 is 0. The maximum absolute atomic E-state index is 9.47. The zero-order valence-electron chi connectivity index (χ0n) is 12.6. The summed E-state index contributed by atoms with van der Waals surface area (Å²) in [5.74, 6) is 1.07. The number of rotatable bonds is 6. The third-order valence-corrected chi connectivity index (χ3v) is 3.35. The number of aliphatic hydroxyl groups excluding tert-OH is 2. The quantitative estimate of drug-likeness (QED) is 0.636. The molecule has 2 heterocycles. The molecule has 0 fully saturated rings. The fraction of sp³-hybridized carbons (Fsp3) is 0.250. The lowest BCUT2D eigenvalue weighted by molar-refractivity contribution is 0.105. The van der Waals surface area contributed by atoms with Crippen LogP contribution in [0.25, 0.3) is 22.7 Å². The van der Waals surface area contributed by atoms with Gasteiger partial charge >= 0.3 is 0 Å². The topological polar surface area (TPSA) is 101 Å². The molecule has 0 aliphatic heterocycles. The molecule has 1 atom stereocenters. The molecule has 0 saturated heterocycles. The molecule has 0 aliphatic rings. The van der Waals surface area contributed by atoms with Crippen LogP contribution in [0.2, 0.25) is 0 Å². The molecule has 120 valence electrons. The first-order chi connectivity index (χ1) is 11.2. The molecule has 7 heteroatoms. The number of methoxy groups -OCH3 is 1. The summed E-state index contributed by atoms with van der Waals surface area (Å²) in [5, 5.41) is 21.4. The summed E-state index contributed by atoms with van der Waals surface area (Å²) in [7, 11) is 1.56. The van der Waals surface area contributed by atoms with E-state index in [1.165, 1.54) is 0 Å². The van der Waals surface area contributed by atoms with Gasteiger partial charge < -0.3 is 24.7 Å². The van der Waals surface area contributed by atoms with Gasteiger partial charge in [-0.3, -0.25) is 0 Å². The first-order valence-corrected chi connectivity index (χ1v) is 7.14. The Labute approximate surface area is 132 Å². The Hall–Kier alpha value is -2.64. The van der Waals surface area contributed by atoms with Gasteiger partial charge in [0.15, 0.2) is 11.2 Å². The van der Waals surface area contributed by atoms with E-state index < -0.39 is 6.10 Å². The molecule has 1 aromatic carbocycles. The smallest absolute Gasteiger partial charge is 0.228 e. The van der Waals surface area contributed by atoms with Crippen LogP contribution in [-0.4, -0.2) is 46.5 Å². The number of oxazole rings is 1. The fourth-order valence-corrected chi connectivity index (χ4v) is 2.16. The van der Waals surface area contributed by atoms with Gasteiger partial charge in [0.1, 0.15) is 5.75 Å². The van der Waals surface area contributed by atoms with Crippen LogP contribution in [0.5, 0.6) is 5.75 Å². The Balaban J connectivity index is 1.93. The molecule has 0 spiro atoms. The van der Waals surface area contributed by atoms with E-state index in [0.717, 1.165) is 5.56 Å². The number of benzene rings is 1. The SMILES string of the molecule is COc1ccc(-c2nc3ncccc3o2)cc1NCC(O)CO. The van der Waals surface area contributed by atoms with Crippen LogP contribution in [0.4, 0.5) is 5.69 Å². The summed E-state index contributed by atoms with van der Waals surface area (Å²) in [6, 6.07) is 9.02. The summed E-state index contributed by atoms with van der Waals surface area (Å²) in [5.41, 5.74) is 2.59. The highest BCUT2D eigenvalue weighted by Gasteiger charge is 2.12. The Morgan fingerprint density at radius 2 is 2.22 bits per heavy atom. The van der Waals surface area contributed by atoms with E-state index in [9.17, 15) is 5.11 Å². The maximum Gasteiger partial charge on any atom is 0.228 e. The summed E-state index contributed by atoms with van der Waals surface area (Å²) in [6.07, 6.45) is 0.809. The molecular weight excluding hydrogens is 298 g/mol. The normalized spacial score (nSPS) is 12.3. The molecule has 3 N–H and O–H groups in total. The number of aliphatic hydroxyl groups is 2. The standard InChI is InChI=1S/C16H17N3O4/c1-22-13-5-4-10(7-12(13)18-8-11(21)9-20)16-19-15-14(23-16)3-2-6-17-15/h2-7,11,18,20-21H,8-9H2,1H3. The molecule has 2 aromatic heterocycles. The van der Waals surface area contributed by atoms with Gasteiger partial charge in [0.2, 0.25) is 5.89 Å². The van der Waals surface area contributed by atoms with E-state index in [1.807, 2.05) is 12.1 Å². The Bertz CT molecular complexity index is 770. The number of nitrogens with zero attached hydrogens (tertiary/aromatic N) is 2. The zero-order chi connectivity index (χ0) is 16.2. The van der Waals surface area contributed by atoms with Crippen molar-refractivity contribution in [3.63, 3.8) is 0 Å². The predicted molar refractivity (Wildman–Crippen MR) is 85.4 cm³/mol. The van der Waals surface area contributed by atoms with Crippen LogP contribution in [0, 0.1) is 0 Å². The lowest BCUT2D eigenvalue weighted by atomic mass is 10.1. The Morgan fingerprint density at radius 1 is 1.35 bits per heavy atom. The van der Waals surface area contributed by atoms with E-state index in [1.54, 1.807) is 31.5 Å². The first-order valence-electron chi connectivity index (χ1n) is 7.14. The number of pyridine rings is 1. The Kier molecular flexibility index (Phi) is 4.40. The highest BCUT2D eigenvalue weighted by atomic mass is 16.5. The number of anilines is 1. The zero-order valence-corrected chi connectivity index (χ0v) is 12.6. The van der Waals surface area contributed by atoms with Gasteiger partial charge in [-0.05, 0) is 30.3 Å². The fourth-order valence-electron chi connectivity index (χ4n) is 2.16. The molecule has 3 aromatic rings. The molecule has 0 aliphatic carbocycles. The molecule has 23 heavy (non-hydrogen) atoms. The summed E-state index contributed by atoms with van der Waals surface area (Å²) in [6.45, 7) is -0.114. The van der Waals surface area contributed by atoms with Crippen LogP contribution in [0.1, 0.15) is 0 Å². The Morgan fingerprint density at radius 3 is 2.96 bits per heavy atom. The van der Waals surface area contributed by atoms with E-state index >= 15 is 0 Å². The van der Waals surface area contributed by atoms with Gasteiger partial charge in [-0.1, -0.05) is 0 Å². The predicted octanol–water partition coefficient (Wildman–Crippen LogP) is 1.66. The van der Waals surface area contributed by atoms with Gasteiger partial charge in [-0.25, -0.2) is 4.98 Å². The average molecular weight is 315 g/mol. The van der Waals surface area contributed by atoms with Crippen molar-refractivity contribution >= 4 is 16.9 Å². The van der Waals surface area contributed by atoms with Gasteiger partial charge in [0, 0.05) is 18.3 Å². The second kappa shape index (κ2) is 6.64. The molecule has 0 radical (unpaired) electrons. The lowest BCUT2D eigenvalue weighted by Gasteiger charge is -2.14. The van der Waals surface area contributed by atoms with E-state index in [2.05, 4.69) is 15.3 Å². The molecule has 7 nitrogen and oxygen atoms in total. The third kappa shape index (κ3) is 3.25. The second-order valence-corrected chi connectivity index (χ2v) is 4.98. The van der Waals surface area contributed by atoms with Crippen LogP contribution < -0.4 is 10.1 Å². The molecule has 3 rings (SSSR count). The van der Waals surface area contributed by atoms with Crippen LogP contribution in [0.15, 0.2) is 40.9 Å².